The van der Waals surface area contributed by atoms with Crippen LogP contribution in [0.2, 0.25) is 0 Å². The van der Waals surface area contributed by atoms with Crippen molar-refractivity contribution in [3.8, 4) is 0 Å². The van der Waals surface area contributed by atoms with E-state index in [1.165, 1.54) is 11.3 Å². The second-order valence-electron chi connectivity index (χ2n) is 6.31. The van der Waals surface area contributed by atoms with Crippen molar-refractivity contribution in [1.29, 1.82) is 0 Å². The number of nitrogens with zero attached hydrogens (tertiary/aromatic N) is 2. The molecule has 1 aliphatic rings. The Bertz CT molecular complexity index is 713. The van der Waals surface area contributed by atoms with Crippen LogP contribution in [0.4, 0.5) is 0 Å². The summed E-state index contributed by atoms with van der Waals surface area (Å²) in [6.45, 7) is 3.99. The summed E-state index contributed by atoms with van der Waals surface area (Å²) in [6.07, 6.45) is 1.01. The van der Waals surface area contributed by atoms with Crippen LogP contribution in [0, 0.1) is 0 Å². The van der Waals surface area contributed by atoms with Crippen LogP contribution in [0.5, 0.6) is 0 Å². The van der Waals surface area contributed by atoms with E-state index in [0.29, 0.717) is 17.0 Å². The van der Waals surface area contributed by atoms with E-state index >= 15 is 0 Å². The molecule has 5 nitrogen and oxygen atoms in total. The van der Waals surface area contributed by atoms with Crippen LogP contribution in [-0.4, -0.2) is 54.8 Å². The summed E-state index contributed by atoms with van der Waals surface area (Å²) in [5, 5.41) is 4.78. The Morgan fingerprint density at radius 1 is 1.08 bits per heavy atom. The lowest BCUT2D eigenvalue weighted by Crippen LogP contribution is -2.34. The van der Waals surface area contributed by atoms with Crippen molar-refractivity contribution in [2.24, 2.45) is 0 Å². The molecule has 0 aliphatic carbocycles. The number of amides is 2. The fourth-order valence-electron chi connectivity index (χ4n) is 2.87. The number of carbonyl (C=O) groups is 2. The molecule has 2 aromatic rings. The predicted molar refractivity (Wildman–Crippen MR) is 99.9 cm³/mol. The molecule has 1 fully saturated rings. The Hall–Kier alpha value is -2.18. The molecular formula is C19H23N3O2S. The van der Waals surface area contributed by atoms with Crippen molar-refractivity contribution in [2.45, 2.75) is 13.0 Å². The van der Waals surface area contributed by atoms with E-state index in [9.17, 15) is 9.59 Å². The molecule has 132 valence electrons. The maximum Gasteiger partial charge on any atom is 0.261 e. The summed E-state index contributed by atoms with van der Waals surface area (Å²) in [5.41, 5.74) is 1.69. The summed E-state index contributed by atoms with van der Waals surface area (Å²) in [5.74, 6) is 0.0216. The van der Waals surface area contributed by atoms with Crippen LogP contribution in [0.1, 0.15) is 32.0 Å². The molecule has 1 aromatic heterocycles. The highest BCUT2D eigenvalue weighted by molar-refractivity contribution is 7.12. The minimum absolute atomic E-state index is 0.0659. The van der Waals surface area contributed by atoms with Crippen molar-refractivity contribution < 1.29 is 9.59 Å². The Kier molecular flexibility index (Phi) is 5.83. The van der Waals surface area contributed by atoms with Gasteiger partial charge in [-0.25, -0.2) is 0 Å². The number of hydrogen-bond donors (Lipinski definition) is 1. The van der Waals surface area contributed by atoms with Gasteiger partial charge in [-0.1, -0.05) is 18.2 Å². The number of thiophene rings is 1. The molecule has 2 amide bonds. The standard InChI is InChI=1S/C19H23N3O2S/c1-21-9-3-10-22(12-11-21)19(24)16-7-5-15(6-8-16)14-20-18(23)17-4-2-13-25-17/h2,4-8,13H,3,9-12,14H2,1H3,(H,20,23). The lowest BCUT2D eigenvalue weighted by Gasteiger charge is -2.20. The monoisotopic (exact) mass is 357 g/mol. The predicted octanol–water partition coefficient (Wildman–Crippen LogP) is 2.46. The number of benzene rings is 1. The first-order valence-corrected chi connectivity index (χ1v) is 9.40. The van der Waals surface area contributed by atoms with Crippen molar-refractivity contribution >= 4 is 23.2 Å². The number of hydrogen-bond acceptors (Lipinski definition) is 4. The molecule has 3 rings (SSSR count). The third-order valence-corrected chi connectivity index (χ3v) is 5.27. The number of rotatable bonds is 4. The molecular weight excluding hydrogens is 334 g/mol. The van der Waals surface area contributed by atoms with Gasteiger partial charge in [0, 0.05) is 31.7 Å². The zero-order valence-electron chi connectivity index (χ0n) is 14.4. The van der Waals surface area contributed by atoms with Gasteiger partial charge < -0.3 is 15.1 Å². The van der Waals surface area contributed by atoms with Crippen LogP contribution in [-0.2, 0) is 6.54 Å². The maximum atomic E-state index is 12.6. The molecule has 1 aromatic carbocycles. The van der Waals surface area contributed by atoms with Crippen molar-refractivity contribution in [1.82, 2.24) is 15.1 Å². The topological polar surface area (TPSA) is 52.6 Å². The van der Waals surface area contributed by atoms with Crippen molar-refractivity contribution in [3.63, 3.8) is 0 Å². The van der Waals surface area contributed by atoms with Crippen LogP contribution >= 0.6 is 11.3 Å². The Balaban J connectivity index is 1.56. The molecule has 6 heteroatoms. The van der Waals surface area contributed by atoms with Gasteiger partial charge in [0.15, 0.2) is 0 Å². The van der Waals surface area contributed by atoms with Gasteiger partial charge in [0.05, 0.1) is 4.88 Å². The first kappa shape index (κ1) is 17.6. The second kappa shape index (κ2) is 8.27. The van der Waals surface area contributed by atoms with Crippen molar-refractivity contribution in [2.75, 3.05) is 33.2 Å². The lowest BCUT2D eigenvalue weighted by molar-refractivity contribution is 0.0762. The minimum Gasteiger partial charge on any atom is -0.347 e. The quantitative estimate of drug-likeness (QED) is 0.914. The number of carbonyl (C=O) groups excluding carboxylic acids is 2. The molecule has 25 heavy (non-hydrogen) atoms. The van der Waals surface area contributed by atoms with Gasteiger partial charge in [-0.2, -0.15) is 0 Å². The van der Waals surface area contributed by atoms with Gasteiger partial charge in [0.25, 0.3) is 11.8 Å². The summed E-state index contributed by atoms with van der Waals surface area (Å²) < 4.78 is 0. The molecule has 1 saturated heterocycles. The van der Waals surface area contributed by atoms with E-state index in [1.54, 1.807) is 6.07 Å². The zero-order chi connectivity index (χ0) is 17.6. The van der Waals surface area contributed by atoms with Crippen LogP contribution in [0.15, 0.2) is 41.8 Å². The van der Waals surface area contributed by atoms with Crippen LogP contribution in [0.3, 0.4) is 0 Å². The van der Waals surface area contributed by atoms with Crippen molar-refractivity contribution in [3.05, 3.63) is 57.8 Å². The Morgan fingerprint density at radius 3 is 2.60 bits per heavy atom. The Morgan fingerprint density at radius 2 is 1.88 bits per heavy atom. The SMILES string of the molecule is CN1CCCN(C(=O)c2ccc(CNC(=O)c3cccs3)cc2)CC1. The second-order valence-corrected chi connectivity index (χ2v) is 7.25. The molecule has 0 spiro atoms. The highest BCUT2D eigenvalue weighted by Gasteiger charge is 2.18. The first-order chi connectivity index (χ1) is 12.1. The van der Waals surface area contributed by atoms with Crippen LogP contribution in [0.25, 0.3) is 0 Å². The van der Waals surface area contributed by atoms with E-state index in [2.05, 4.69) is 17.3 Å². The third kappa shape index (κ3) is 4.67. The summed E-state index contributed by atoms with van der Waals surface area (Å²) in [7, 11) is 2.09. The fraction of sp³-hybridized carbons (Fsp3) is 0.368. The maximum absolute atomic E-state index is 12.6. The van der Waals surface area contributed by atoms with Gasteiger partial charge >= 0.3 is 0 Å². The van der Waals surface area contributed by atoms with Gasteiger partial charge in [0.1, 0.15) is 0 Å². The normalized spacial score (nSPS) is 15.6. The fourth-order valence-corrected chi connectivity index (χ4v) is 3.51. The minimum atomic E-state index is -0.0659. The van der Waals surface area contributed by atoms with E-state index in [-0.39, 0.29) is 11.8 Å². The molecule has 0 radical (unpaired) electrons. The van der Waals surface area contributed by atoms with Gasteiger partial charge in [0.2, 0.25) is 0 Å². The van der Waals surface area contributed by atoms with Gasteiger partial charge in [-0.05, 0) is 49.2 Å². The zero-order valence-corrected chi connectivity index (χ0v) is 15.2. The summed E-state index contributed by atoms with van der Waals surface area (Å²) >= 11 is 1.42. The highest BCUT2D eigenvalue weighted by atomic mass is 32.1. The third-order valence-electron chi connectivity index (χ3n) is 4.41. The first-order valence-electron chi connectivity index (χ1n) is 8.52. The molecule has 0 unspecified atom stereocenters. The molecule has 0 atom stereocenters. The molecule has 1 N–H and O–H groups in total. The van der Waals surface area contributed by atoms with Gasteiger partial charge in [-0.15, -0.1) is 11.3 Å². The van der Waals surface area contributed by atoms with E-state index in [0.717, 1.165) is 38.2 Å². The smallest absolute Gasteiger partial charge is 0.261 e. The highest BCUT2D eigenvalue weighted by Crippen LogP contribution is 2.12. The average Bonchev–Trinajstić information content (AvgIpc) is 3.09. The van der Waals surface area contributed by atoms with Crippen LogP contribution < -0.4 is 5.32 Å². The largest absolute Gasteiger partial charge is 0.347 e. The molecule has 0 bridgehead atoms. The lowest BCUT2D eigenvalue weighted by atomic mass is 10.1. The number of likely N-dealkylation sites (N-methyl/N-ethyl adjacent to an activating group) is 1. The van der Waals surface area contributed by atoms with E-state index in [1.807, 2.05) is 40.6 Å². The van der Waals surface area contributed by atoms with Gasteiger partial charge in [-0.3, -0.25) is 9.59 Å². The summed E-state index contributed by atoms with van der Waals surface area (Å²) in [4.78, 5) is 29.5. The molecule has 1 aliphatic heterocycles. The van der Waals surface area contributed by atoms with E-state index < -0.39 is 0 Å². The number of nitrogens with one attached hydrogen (secondary N) is 1. The average molecular weight is 357 g/mol. The molecule has 2 heterocycles. The molecule has 0 saturated carbocycles. The Labute approximate surface area is 152 Å². The van der Waals surface area contributed by atoms with E-state index in [4.69, 9.17) is 0 Å². The summed E-state index contributed by atoms with van der Waals surface area (Å²) in [6, 6.07) is 11.2.